The van der Waals surface area contributed by atoms with Gasteiger partial charge in [-0.05, 0) is 12.0 Å². The highest BCUT2D eigenvalue weighted by molar-refractivity contribution is 5.78. The van der Waals surface area contributed by atoms with Crippen molar-refractivity contribution >= 4 is 16.9 Å². The van der Waals surface area contributed by atoms with Gasteiger partial charge >= 0.3 is 0 Å². The van der Waals surface area contributed by atoms with Crippen LogP contribution in [0, 0.1) is 5.92 Å². The van der Waals surface area contributed by atoms with Gasteiger partial charge in [0.2, 0.25) is 5.95 Å². The first-order valence-electron chi connectivity index (χ1n) is 6.94. The zero-order valence-electron chi connectivity index (χ0n) is 11.5. The van der Waals surface area contributed by atoms with Crippen molar-refractivity contribution in [1.29, 1.82) is 0 Å². The van der Waals surface area contributed by atoms with Crippen molar-refractivity contribution in [1.82, 2.24) is 15.3 Å². The van der Waals surface area contributed by atoms with E-state index < -0.39 is 0 Å². The Balaban J connectivity index is 1.87. The second kappa shape index (κ2) is 5.13. The number of anilines is 1. The average molecular weight is 256 g/mol. The highest BCUT2D eigenvalue weighted by Crippen LogP contribution is 2.17. The van der Waals surface area contributed by atoms with Gasteiger partial charge in [0.05, 0.1) is 5.52 Å². The highest BCUT2D eigenvalue weighted by Gasteiger charge is 2.23. The topological polar surface area (TPSA) is 41.1 Å². The largest absolute Gasteiger partial charge is 0.338 e. The molecule has 1 aliphatic rings. The molecule has 1 fully saturated rings. The van der Waals surface area contributed by atoms with Crippen LogP contribution in [0.1, 0.15) is 13.8 Å². The molecule has 1 saturated heterocycles. The van der Waals surface area contributed by atoms with E-state index >= 15 is 0 Å². The molecule has 0 radical (unpaired) electrons. The van der Waals surface area contributed by atoms with Gasteiger partial charge in [0.1, 0.15) is 0 Å². The summed E-state index contributed by atoms with van der Waals surface area (Å²) in [5, 5.41) is 4.66. The van der Waals surface area contributed by atoms with Crippen LogP contribution >= 0.6 is 0 Å². The number of piperazine rings is 1. The molecule has 1 N–H and O–H groups in total. The second-order valence-electron chi connectivity index (χ2n) is 5.48. The Kier molecular flexibility index (Phi) is 3.34. The van der Waals surface area contributed by atoms with Gasteiger partial charge in [-0.1, -0.05) is 32.0 Å². The molecule has 4 heteroatoms. The highest BCUT2D eigenvalue weighted by atomic mass is 15.3. The summed E-state index contributed by atoms with van der Waals surface area (Å²) in [7, 11) is 0. The summed E-state index contributed by atoms with van der Waals surface area (Å²) < 4.78 is 0. The third-order valence-electron chi connectivity index (χ3n) is 3.77. The maximum atomic E-state index is 4.68. The Morgan fingerprint density at radius 1 is 1.32 bits per heavy atom. The summed E-state index contributed by atoms with van der Waals surface area (Å²) in [5.41, 5.74) is 1.02. The number of fused-ring (bicyclic) bond motifs is 1. The molecule has 1 aliphatic heterocycles. The standard InChI is InChI=1S/C15H20N4/c1-11(2)14-10-19(8-7-16-14)15-17-9-12-5-3-4-6-13(12)18-15/h3-6,9,11,14,16H,7-8,10H2,1-2H3. The van der Waals surface area contributed by atoms with E-state index in [-0.39, 0.29) is 0 Å². The van der Waals surface area contributed by atoms with Crippen LogP contribution in [-0.2, 0) is 0 Å². The van der Waals surface area contributed by atoms with E-state index in [4.69, 9.17) is 0 Å². The first kappa shape index (κ1) is 12.4. The van der Waals surface area contributed by atoms with Crippen LogP contribution in [-0.4, -0.2) is 35.6 Å². The summed E-state index contributed by atoms with van der Waals surface area (Å²) in [6, 6.07) is 8.65. The Hall–Kier alpha value is -1.68. The monoisotopic (exact) mass is 256 g/mol. The number of hydrogen-bond donors (Lipinski definition) is 1. The van der Waals surface area contributed by atoms with Crippen LogP contribution in [0.4, 0.5) is 5.95 Å². The molecular weight excluding hydrogens is 236 g/mol. The maximum Gasteiger partial charge on any atom is 0.225 e. The molecular formula is C15H20N4. The molecule has 2 aromatic rings. The van der Waals surface area contributed by atoms with Gasteiger partial charge in [-0.2, -0.15) is 0 Å². The van der Waals surface area contributed by atoms with Crippen molar-refractivity contribution in [3.8, 4) is 0 Å². The van der Waals surface area contributed by atoms with Crippen LogP contribution < -0.4 is 10.2 Å². The summed E-state index contributed by atoms with van der Waals surface area (Å²) in [5.74, 6) is 1.48. The molecule has 0 saturated carbocycles. The Bertz CT molecular complexity index is 567. The molecule has 0 spiro atoms. The van der Waals surface area contributed by atoms with Crippen LogP contribution in [0.2, 0.25) is 0 Å². The molecule has 1 aromatic heterocycles. The van der Waals surface area contributed by atoms with E-state index in [9.17, 15) is 0 Å². The number of hydrogen-bond acceptors (Lipinski definition) is 4. The zero-order chi connectivity index (χ0) is 13.2. The molecule has 0 aliphatic carbocycles. The third-order valence-corrected chi connectivity index (χ3v) is 3.77. The van der Waals surface area contributed by atoms with Crippen molar-refractivity contribution in [3.63, 3.8) is 0 Å². The third kappa shape index (κ3) is 2.54. The van der Waals surface area contributed by atoms with Gasteiger partial charge in [0.25, 0.3) is 0 Å². The summed E-state index contributed by atoms with van der Waals surface area (Å²) in [6.45, 7) is 7.46. The molecule has 0 bridgehead atoms. The number of benzene rings is 1. The SMILES string of the molecule is CC(C)C1CN(c2ncc3ccccc3n2)CCN1. The lowest BCUT2D eigenvalue weighted by Crippen LogP contribution is -2.53. The van der Waals surface area contributed by atoms with Crippen LogP contribution in [0.25, 0.3) is 10.9 Å². The zero-order valence-corrected chi connectivity index (χ0v) is 11.5. The van der Waals surface area contributed by atoms with Gasteiger partial charge in [0, 0.05) is 37.3 Å². The van der Waals surface area contributed by atoms with Gasteiger partial charge in [-0.15, -0.1) is 0 Å². The summed E-state index contributed by atoms with van der Waals surface area (Å²) in [4.78, 5) is 11.5. The van der Waals surface area contributed by atoms with Gasteiger partial charge < -0.3 is 10.2 Å². The minimum Gasteiger partial charge on any atom is -0.338 e. The molecule has 4 nitrogen and oxygen atoms in total. The summed E-state index contributed by atoms with van der Waals surface area (Å²) >= 11 is 0. The fourth-order valence-corrected chi connectivity index (χ4v) is 2.52. The van der Waals surface area contributed by atoms with E-state index in [0.717, 1.165) is 36.5 Å². The fourth-order valence-electron chi connectivity index (χ4n) is 2.52. The van der Waals surface area contributed by atoms with E-state index in [1.807, 2.05) is 30.5 Å². The lowest BCUT2D eigenvalue weighted by atomic mass is 10.0. The van der Waals surface area contributed by atoms with E-state index in [1.54, 1.807) is 0 Å². The smallest absolute Gasteiger partial charge is 0.225 e. The Morgan fingerprint density at radius 3 is 3.00 bits per heavy atom. The summed E-state index contributed by atoms with van der Waals surface area (Å²) in [6.07, 6.45) is 1.92. The minimum absolute atomic E-state index is 0.517. The maximum absolute atomic E-state index is 4.68. The molecule has 2 heterocycles. The number of nitrogens with one attached hydrogen (secondary N) is 1. The van der Waals surface area contributed by atoms with E-state index in [0.29, 0.717) is 12.0 Å². The van der Waals surface area contributed by atoms with Crippen molar-refractivity contribution in [2.75, 3.05) is 24.5 Å². The number of nitrogens with zero attached hydrogens (tertiary/aromatic N) is 3. The molecule has 1 aromatic carbocycles. The van der Waals surface area contributed by atoms with Crippen molar-refractivity contribution in [2.45, 2.75) is 19.9 Å². The predicted octanol–water partition coefficient (Wildman–Crippen LogP) is 2.06. The average Bonchev–Trinajstić information content (AvgIpc) is 2.47. The first-order valence-corrected chi connectivity index (χ1v) is 6.94. The number of aromatic nitrogens is 2. The lowest BCUT2D eigenvalue weighted by molar-refractivity contribution is 0.366. The molecule has 100 valence electrons. The molecule has 0 amide bonds. The Labute approximate surface area is 113 Å². The van der Waals surface area contributed by atoms with Crippen LogP contribution in [0.15, 0.2) is 30.5 Å². The quantitative estimate of drug-likeness (QED) is 0.893. The molecule has 1 unspecified atom stereocenters. The predicted molar refractivity (Wildman–Crippen MR) is 78.4 cm³/mol. The normalized spacial score (nSPS) is 20.2. The fraction of sp³-hybridized carbons (Fsp3) is 0.467. The van der Waals surface area contributed by atoms with Gasteiger partial charge in [0.15, 0.2) is 0 Å². The lowest BCUT2D eigenvalue weighted by Gasteiger charge is -2.35. The van der Waals surface area contributed by atoms with Crippen molar-refractivity contribution in [2.24, 2.45) is 5.92 Å². The van der Waals surface area contributed by atoms with Gasteiger partial charge in [-0.3, -0.25) is 0 Å². The van der Waals surface area contributed by atoms with Crippen molar-refractivity contribution in [3.05, 3.63) is 30.5 Å². The number of para-hydroxylation sites is 1. The van der Waals surface area contributed by atoms with Crippen molar-refractivity contribution < 1.29 is 0 Å². The van der Waals surface area contributed by atoms with Crippen LogP contribution in [0.3, 0.4) is 0 Å². The van der Waals surface area contributed by atoms with E-state index in [2.05, 4.69) is 34.0 Å². The molecule has 19 heavy (non-hydrogen) atoms. The van der Waals surface area contributed by atoms with Gasteiger partial charge in [-0.25, -0.2) is 9.97 Å². The minimum atomic E-state index is 0.517. The second-order valence-corrected chi connectivity index (χ2v) is 5.48. The molecule has 3 rings (SSSR count). The first-order chi connectivity index (χ1) is 9.24. The van der Waals surface area contributed by atoms with E-state index in [1.165, 1.54) is 0 Å². The Morgan fingerprint density at radius 2 is 2.16 bits per heavy atom. The molecule has 1 atom stereocenters. The van der Waals surface area contributed by atoms with Crippen LogP contribution in [0.5, 0.6) is 0 Å². The number of rotatable bonds is 2.